The van der Waals surface area contributed by atoms with E-state index in [1.807, 2.05) is 18.2 Å². The number of aryl methyl sites for hydroxylation is 1. The molecule has 1 amide bonds. The van der Waals surface area contributed by atoms with Crippen LogP contribution in [0.25, 0.3) is 0 Å². The van der Waals surface area contributed by atoms with Gasteiger partial charge in [0.25, 0.3) is 6.47 Å². The van der Waals surface area contributed by atoms with Crippen LogP contribution in [-0.4, -0.2) is 28.2 Å². The number of carbonyl (C=O) groups excluding carboxylic acids is 2. The maximum atomic E-state index is 13.6. The van der Waals surface area contributed by atoms with Crippen LogP contribution in [0.2, 0.25) is 5.02 Å². The van der Waals surface area contributed by atoms with Crippen molar-refractivity contribution in [2.24, 2.45) is 7.05 Å². The number of nitriles is 1. The summed E-state index contributed by atoms with van der Waals surface area (Å²) in [4.78, 5) is 24.5. The smallest absolute Gasteiger partial charge is 0.424 e. The summed E-state index contributed by atoms with van der Waals surface area (Å²) in [6.45, 7) is 4.45. The molecule has 200 valence electrons. The van der Waals surface area contributed by atoms with Crippen LogP contribution < -0.4 is 10.1 Å². The Bertz CT molecular complexity index is 1360. The van der Waals surface area contributed by atoms with E-state index in [9.17, 15) is 28.0 Å². The molecular formula is C27H26ClF3N4O3. The van der Waals surface area contributed by atoms with Crippen molar-refractivity contribution >= 4 is 24.0 Å². The minimum atomic E-state index is -4.87. The topological polar surface area (TPSA) is 97.0 Å². The summed E-state index contributed by atoms with van der Waals surface area (Å²) in [7, 11) is 1.06. The van der Waals surface area contributed by atoms with Crippen LogP contribution >= 0.6 is 11.6 Å². The zero-order chi connectivity index (χ0) is 28.3. The standard InChI is InChI=1S/C27H26ClF3N4O3/c1-16(21(13-17-8-10-20(28)11-9-17)19-7-5-6-18(12-19)14-32)33-25(37)26(2,3)23-22(38-15-36)24(27(29,30)31)35(4)34-23/h5-12,15-16,21H,13H2,1-4H3,(H,33,37)/t16-,21+/m0/s1. The molecule has 0 saturated heterocycles. The molecule has 0 bridgehead atoms. The molecule has 0 unspecified atom stereocenters. The van der Waals surface area contributed by atoms with E-state index in [1.165, 1.54) is 13.8 Å². The molecule has 11 heteroatoms. The van der Waals surface area contributed by atoms with E-state index < -0.39 is 35.0 Å². The Morgan fingerprint density at radius 1 is 1.24 bits per heavy atom. The van der Waals surface area contributed by atoms with Crippen LogP contribution in [0.3, 0.4) is 0 Å². The lowest BCUT2D eigenvalue weighted by Crippen LogP contribution is -2.47. The maximum Gasteiger partial charge on any atom is 0.436 e. The van der Waals surface area contributed by atoms with Gasteiger partial charge in [-0.25, -0.2) is 0 Å². The first-order valence-corrected chi connectivity index (χ1v) is 12.0. The van der Waals surface area contributed by atoms with Crippen molar-refractivity contribution < 1.29 is 27.5 Å². The van der Waals surface area contributed by atoms with E-state index in [4.69, 9.17) is 11.6 Å². The number of halogens is 4. The maximum absolute atomic E-state index is 13.6. The fraction of sp³-hybridized carbons (Fsp3) is 0.333. The molecule has 3 aromatic rings. The van der Waals surface area contributed by atoms with Crippen molar-refractivity contribution in [1.29, 1.82) is 5.26 Å². The third-order valence-corrected chi connectivity index (χ3v) is 6.62. The molecule has 0 spiro atoms. The lowest BCUT2D eigenvalue weighted by atomic mass is 9.83. The number of hydrogen-bond acceptors (Lipinski definition) is 5. The first-order chi connectivity index (χ1) is 17.8. The molecule has 38 heavy (non-hydrogen) atoms. The van der Waals surface area contributed by atoms with Gasteiger partial charge in [0.1, 0.15) is 5.69 Å². The van der Waals surface area contributed by atoms with Gasteiger partial charge in [-0.2, -0.15) is 23.5 Å². The van der Waals surface area contributed by atoms with Gasteiger partial charge in [0.2, 0.25) is 5.91 Å². The normalized spacial score (nSPS) is 13.3. The molecule has 0 aliphatic carbocycles. The number of nitrogens with one attached hydrogen (secondary N) is 1. The van der Waals surface area contributed by atoms with Crippen LogP contribution in [0.5, 0.6) is 5.75 Å². The van der Waals surface area contributed by atoms with Crippen molar-refractivity contribution in [3.05, 3.63) is 81.6 Å². The molecule has 1 N–H and O–H groups in total. The minimum absolute atomic E-state index is 0.128. The van der Waals surface area contributed by atoms with Gasteiger partial charge >= 0.3 is 6.18 Å². The quantitative estimate of drug-likeness (QED) is 0.367. The van der Waals surface area contributed by atoms with Crippen LogP contribution in [-0.2, 0) is 34.6 Å². The van der Waals surface area contributed by atoms with Gasteiger partial charge in [-0.15, -0.1) is 0 Å². The third-order valence-electron chi connectivity index (χ3n) is 6.37. The summed E-state index contributed by atoms with van der Waals surface area (Å²) < 4.78 is 46.2. The fourth-order valence-corrected chi connectivity index (χ4v) is 4.40. The van der Waals surface area contributed by atoms with Crippen molar-refractivity contribution in [2.75, 3.05) is 0 Å². The van der Waals surface area contributed by atoms with E-state index in [1.54, 1.807) is 37.3 Å². The van der Waals surface area contributed by atoms with Crippen molar-refractivity contribution in [1.82, 2.24) is 15.1 Å². The fourth-order valence-electron chi connectivity index (χ4n) is 4.28. The van der Waals surface area contributed by atoms with Crippen LogP contribution in [0.4, 0.5) is 13.2 Å². The second-order valence-electron chi connectivity index (χ2n) is 9.42. The number of rotatable bonds is 9. The number of nitrogens with zero attached hydrogens (tertiary/aromatic N) is 3. The Labute approximate surface area is 223 Å². The Balaban J connectivity index is 1.97. The van der Waals surface area contributed by atoms with E-state index in [0.29, 0.717) is 21.7 Å². The highest BCUT2D eigenvalue weighted by Crippen LogP contribution is 2.42. The number of carbonyl (C=O) groups is 2. The van der Waals surface area contributed by atoms with Crippen LogP contribution in [0.1, 0.15) is 54.8 Å². The predicted molar refractivity (Wildman–Crippen MR) is 135 cm³/mol. The number of amides is 1. The van der Waals surface area contributed by atoms with Gasteiger partial charge in [0.15, 0.2) is 11.4 Å². The SMILES string of the molecule is C[C@H](NC(=O)C(C)(C)c1nn(C)c(C(F)(F)F)c1OC=O)[C@@H](Cc1ccc(Cl)cc1)c1cccc(C#N)c1. The van der Waals surface area contributed by atoms with Crippen LogP contribution in [0, 0.1) is 11.3 Å². The van der Waals surface area contributed by atoms with Crippen LogP contribution in [0.15, 0.2) is 48.5 Å². The Morgan fingerprint density at radius 3 is 2.47 bits per heavy atom. The second kappa shape index (κ2) is 11.3. The number of benzene rings is 2. The zero-order valence-electron chi connectivity index (χ0n) is 21.1. The Kier molecular flexibility index (Phi) is 8.52. The minimum Gasteiger partial charge on any atom is -0.424 e. The highest BCUT2D eigenvalue weighted by atomic mass is 35.5. The molecule has 0 saturated carbocycles. The van der Waals surface area contributed by atoms with E-state index in [2.05, 4.69) is 21.2 Å². The molecule has 0 radical (unpaired) electrons. The van der Waals surface area contributed by atoms with Crippen molar-refractivity contribution in [2.45, 2.75) is 50.7 Å². The van der Waals surface area contributed by atoms with E-state index in [0.717, 1.165) is 18.2 Å². The number of alkyl halides is 3. The van der Waals surface area contributed by atoms with E-state index >= 15 is 0 Å². The largest absolute Gasteiger partial charge is 0.436 e. The summed E-state index contributed by atoms with van der Waals surface area (Å²) in [6.07, 6.45) is -4.39. The van der Waals surface area contributed by atoms with Gasteiger partial charge in [0.05, 0.1) is 17.0 Å². The number of hydrogen-bond donors (Lipinski definition) is 1. The molecule has 3 rings (SSSR count). The summed E-state index contributed by atoms with van der Waals surface area (Å²) in [5.41, 5.74) is -1.03. The highest BCUT2D eigenvalue weighted by molar-refractivity contribution is 6.30. The average molecular weight is 547 g/mol. The van der Waals surface area contributed by atoms with Crippen molar-refractivity contribution in [3.8, 4) is 11.8 Å². The highest BCUT2D eigenvalue weighted by Gasteiger charge is 2.46. The summed E-state index contributed by atoms with van der Waals surface area (Å²) in [5, 5.41) is 16.7. The molecule has 2 atom stereocenters. The number of aromatic nitrogens is 2. The molecule has 0 aliphatic rings. The summed E-state index contributed by atoms with van der Waals surface area (Å²) in [6, 6.07) is 15.8. The lowest BCUT2D eigenvalue weighted by molar-refractivity contribution is -0.145. The molecular weight excluding hydrogens is 521 g/mol. The molecule has 0 aliphatic heterocycles. The summed E-state index contributed by atoms with van der Waals surface area (Å²) >= 11 is 6.02. The molecule has 1 aromatic heterocycles. The van der Waals surface area contributed by atoms with E-state index in [-0.39, 0.29) is 18.1 Å². The number of ether oxygens (including phenoxy) is 1. The molecule has 1 heterocycles. The van der Waals surface area contributed by atoms with Gasteiger partial charge in [-0.05, 0) is 62.6 Å². The predicted octanol–water partition coefficient (Wildman–Crippen LogP) is 5.31. The van der Waals surface area contributed by atoms with Crippen molar-refractivity contribution in [3.63, 3.8) is 0 Å². The van der Waals surface area contributed by atoms with Gasteiger partial charge in [-0.3, -0.25) is 14.3 Å². The Morgan fingerprint density at radius 2 is 1.89 bits per heavy atom. The Hall–Kier alpha value is -3.84. The van der Waals surface area contributed by atoms with Gasteiger partial charge in [0, 0.05) is 24.0 Å². The zero-order valence-corrected chi connectivity index (χ0v) is 21.9. The second-order valence-corrected chi connectivity index (χ2v) is 9.86. The first kappa shape index (κ1) is 28.7. The molecule has 0 fully saturated rings. The molecule has 2 aromatic carbocycles. The lowest BCUT2D eigenvalue weighted by Gasteiger charge is -2.30. The monoisotopic (exact) mass is 546 g/mol. The first-order valence-electron chi connectivity index (χ1n) is 11.6. The van der Waals surface area contributed by atoms with Gasteiger partial charge < -0.3 is 10.1 Å². The third kappa shape index (κ3) is 6.17. The molecule has 7 nitrogen and oxygen atoms in total. The van der Waals surface area contributed by atoms with Gasteiger partial charge in [-0.1, -0.05) is 35.9 Å². The average Bonchev–Trinajstić information content (AvgIpc) is 3.20. The summed E-state index contributed by atoms with van der Waals surface area (Å²) in [5.74, 6) is -1.74.